The van der Waals surface area contributed by atoms with Crippen LogP contribution in [0.15, 0.2) is 83.9 Å². The first-order chi connectivity index (χ1) is 22.9. The summed E-state index contributed by atoms with van der Waals surface area (Å²) < 4.78 is 29.5. The maximum Gasteiger partial charge on any atom is 0.339 e. The number of anilines is 4. The molecule has 1 aromatic heterocycles. The Kier molecular flexibility index (Phi) is 9.92. The second kappa shape index (κ2) is 14.1. The first-order valence-electron chi connectivity index (χ1n) is 14.7. The maximum absolute atomic E-state index is 13.3. The van der Waals surface area contributed by atoms with Crippen molar-refractivity contribution in [1.82, 2.24) is 9.97 Å². The molecule has 1 heterocycles. The van der Waals surface area contributed by atoms with Crippen molar-refractivity contribution in [1.29, 1.82) is 0 Å². The molecule has 5 aromatic rings. The first kappa shape index (κ1) is 33.8. The monoisotopic (exact) mass is 669 g/mol. The average molecular weight is 670 g/mol. The number of nitrogens with zero attached hydrogens (tertiary/aromatic N) is 2. The molecule has 5 rings (SSSR count). The van der Waals surface area contributed by atoms with Crippen molar-refractivity contribution >= 4 is 57.0 Å². The number of amides is 2. The lowest BCUT2D eigenvalue weighted by atomic mass is 9.86. The minimum absolute atomic E-state index is 0.0288. The molecule has 0 aliphatic heterocycles. The lowest BCUT2D eigenvalue weighted by Crippen LogP contribution is -2.22. The van der Waals surface area contributed by atoms with E-state index in [4.69, 9.17) is 14.2 Å². The number of hydrogen-bond donors (Lipinski definition) is 4. The normalized spacial score (nSPS) is 11.8. The van der Waals surface area contributed by atoms with Gasteiger partial charge >= 0.3 is 12.0 Å². The number of aromatic nitrogens is 2. The fourth-order valence-electron chi connectivity index (χ4n) is 4.94. The minimum Gasteiger partial charge on any atom is -0.612 e. The van der Waals surface area contributed by atoms with Gasteiger partial charge in [-0.25, -0.2) is 14.6 Å². The zero-order valence-electron chi connectivity index (χ0n) is 27.2. The van der Waals surface area contributed by atoms with Crippen LogP contribution >= 0.6 is 0 Å². The Bertz CT molecular complexity index is 2000. The number of hydrogen-bond acceptors (Lipinski definition) is 9. The predicted molar refractivity (Wildman–Crippen MR) is 186 cm³/mol. The second-order valence-corrected chi connectivity index (χ2v) is 13.0. The number of nitrogens with one attached hydrogen (secondary N) is 3. The first-order valence-corrected chi connectivity index (χ1v) is 16.3. The molecule has 0 aliphatic carbocycles. The van der Waals surface area contributed by atoms with Crippen LogP contribution in [0.25, 0.3) is 10.8 Å². The zero-order valence-corrected chi connectivity index (χ0v) is 28.0. The third-order valence-corrected chi connectivity index (χ3v) is 8.27. The van der Waals surface area contributed by atoms with Gasteiger partial charge in [0.25, 0.3) is 0 Å². The van der Waals surface area contributed by atoms with Gasteiger partial charge in [-0.15, -0.1) is 0 Å². The number of carboxylic acid groups (broad SMARTS) is 1. The third kappa shape index (κ3) is 7.54. The summed E-state index contributed by atoms with van der Waals surface area (Å²) in [5.74, 6) is 0.382. The van der Waals surface area contributed by atoms with Crippen LogP contribution in [0.5, 0.6) is 23.1 Å². The van der Waals surface area contributed by atoms with Gasteiger partial charge in [0, 0.05) is 40.9 Å². The molecule has 1 atom stereocenters. The van der Waals surface area contributed by atoms with E-state index in [1.165, 1.54) is 32.5 Å². The van der Waals surface area contributed by atoms with Gasteiger partial charge in [0.05, 0.1) is 25.6 Å². The average Bonchev–Trinajstić information content (AvgIpc) is 3.05. The van der Waals surface area contributed by atoms with E-state index in [2.05, 4.69) is 25.9 Å². The second-order valence-electron chi connectivity index (χ2n) is 11.7. The summed E-state index contributed by atoms with van der Waals surface area (Å²) in [4.78, 5) is 33.9. The van der Waals surface area contributed by atoms with Gasteiger partial charge in [0.2, 0.25) is 11.8 Å². The molecule has 0 fully saturated rings. The predicted octanol–water partition coefficient (Wildman–Crippen LogP) is 7.56. The number of aromatic carboxylic acids is 1. The zero-order chi connectivity index (χ0) is 34.6. The highest BCUT2D eigenvalue weighted by atomic mass is 32.2. The van der Waals surface area contributed by atoms with Crippen molar-refractivity contribution in [2.24, 2.45) is 0 Å². The number of carbonyl (C=O) groups is 2. The molecule has 48 heavy (non-hydrogen) atoms. The standard InChI is InChI=1S/C35H35N5O7S/c1-35(2,3)20-17-26(31(46-5)29(18-20)48(6)44)39-34(43)38-25-13-14-27(23-10-8-7-9-22(23)25)47-30-15-16-36-33(40-30)37-21-11-12-24(32(41)42)28(19-21)45-4/h7-19H,1-6H3,(H,41,42)(H,36,37,40)(H2,38,39,43). The number of urea groups is 1. The Hall–Kier alpha value is -5.53. The van der Waals surface area contributed by atoms with E-state index < -0.39 is 23.2 Å². The van der Waals surface area contributed by atoms with Crippen molar-refractivity contribution < 1.29 is 33.5 Å². The van der Waals surface area contributed by atoms with E-state index in [9.17, 15) is 19.2 Å². The van der Waals surface area contributed by atoms with Crippen molar-refractivity contribution in [3.05, 3.63) is 90.1 Å². The largest absolute Gasteiger partial charge is 0.612 e. The number of benzene rings is 4. The van der Waals surface area contributed by atoms with Gasteiger partial charge in [-0.2, -0.15) is 4.98 Å². The molecular weight excluding hydrogens is 634 g/mol. The van der Waals surface area contributed by atoms with E-state index in [0.29, 0.717) is 44.2 Å². The van der Waals surface area contributed by atoms with E-state index >= 15 is 0 Å². The number of ether oxygens (including phenoxy) is 3. The molecule has 2 amide bonds. The summed E-state index contributed by atoms with van der Waals surface area (Å²) in [7, 11) is 2.87. The van der Waals surface area contributed by atoms with Crippen molar-refractivity contribution in [2.75, 3.05) is 36.4 Å². The van der Waals surface area contributed by atoms with Crippen LogP contribution in [0.1, 0.15) is 36.7 Å². The van der Waals surface area contributed by atoms with Gasteiger partial charge in [0.1, 0.15) is 23.3 Å². The summed E-state index contributed by atoms with van der Waals surface area (Å²) in [6.45, 7) is 6.11. The topological polar surface area (TPSA) is 167 Å². The molecule has 13 heteroatoms. The van der Waals surface area contributed by atoms with E-state index in [-0.39, 0.29) is 28.6 Å². The van der Waals surface area contributed by atoms with Crippen LogP contribution in [-0.4, -0.2) is 52.1 Å². The number of methoxy groups -OCH3 is 2. The lowest BCUT2D eigenvalue weighted by molar-refractivity contribution is 0.0693. The van der Waals surface area contributed by atoms with Gasteiger partial charge < -0.3 is 39.8 Å². The Morgan fingerprint density at radius 1 is 0.875 bits per heavy atom. The maximum atomic E-state index is 13.3. The SMILES string of the molecule is COc1cc(Nc2nccc(Oc3ccc(NC(=O)Nc4cc(C(C)(C)C)cc([S+](C)[O-])c4OC)c4ccccc34)n2)ccc1C(=O)O. The summed E-state index contributed by atoms with van der Waals surface area (Å²) in [6, 6.07) is 20.2. The van der Waals surface area contributed by atoms with Crippen LogP contribution < -0.4 is 30.2 Å². The lowest BCUT2D eigenvalue weighted by Gasteiger charge is -2.23. The molecule has 0 spiro atoms. The third-order valence-electron chi connectivity index (χ3n) is 7.35. The van der Waals surface area contributed by atoms with E-state index in [1.807, 2.05) is 57.2 Å². The highest BCUT2D eigenvalue weighted by Gasteiger charge is 2.25. The summed E-state index contributed by atoms with van der Waals surface area (Å²) in [5.41, 5.74) is 2.12. The summed E-state index contributed by atoms with van der Waals surface area (Å²) >= 11 is -1.35. The number of fused-ring (bicyclic) bond motifs is 1. The fraction of sp³-hybridized carbons (Fsp3) is 0.200. The van der Waals surface area contributed by atoms with Gasteiger partial charge in [-0.3, -0.25) is 0 Å². The van der Waals surface area contributed by atoms with Crippen molar-refractivity contribution in [3.8, 4) is 23.1 Å². The highest BCUT2D eigenvalue weighted by molar-refractivity contribution is 7.90. The van der Waals surface area contributed by atoms with Crippen LogP contribution in [0.4, 0.5) is 27.8 Å². The molecule has 0 radical (unpaired) electrons. The number of carbonyl (C=O) groups excluding carboxylic acids is 1. The molecule has 0 bridgehead atoms. The van der Waals surface area contributed by atoms with Crippen molar-refractivity contribution in [3.63, 3.8) is 0 Å². The van der Waals surface area contributed by atoms with Crippen LogP contribution in [0.2, 0.25) is 0 Å². The van der Waals surface area contributed by atoms with Gasteiger partial charge in [-0.1, -0.05) is 45.0 Å². The Balaban J connectivity index is 1.38. The highest BCUT2D eigenvalue weighted by Crippen LogP contribution is 2.39. The molecule has 4 N–H and O–H groups in total. The number of carboxylic acids is 1. The van der Waals surface area contributed by atoms with Crippen molar-refractivity contribution in [2.45, 2.75) is 31.1 Å². The van der Waals surface area contributed by atoms with Gasteiger partial charge in [-0.05, 0) is 52.5 Å². The van der Waals surface area contributed by atoms with E-state index in [0.717, 1.165) is 5.56 Å². The van der Waals surface area contributed by atoms with Crippen LogP contribution in [-0.2, 0) is 16.6 Å². The number of rotatable bonds is 10. The molecule has 0 saturated heterocycles. The Labute approximate surface area is 280 Å². The molecule has 4 aromatic carbocycles. The van der Waals surface area contributed by atoms with Gasteiger partial charge in [0.15, 0.2) is 10.6 Å². The van der Waals surface area contributed by atoms with E-state index in [1.54, 1.807) is 30.5 Å². The van der Waals surface area contributed by atoms with Crippen LogP contribution in [0, 0.1) is 0 Å². The Morgan fingerprint density at radius 2 is 1.60 bits per heavy atom. The molecule has 0 aliphatic rings. The fourth-order valence-corrected chi connectivity index (χ4v) is 5.69. The molecule has 1 unspecified atom stereocenters. The molecule has 0 saturated carbocycles. The smallest absolute Gasteiger partial charge is 0.339 e. The molecule has 248 valence electrons. The minimum atomic E-state index is -1.35. The van der Waals surface area contributed by atoms with Crippen LogP contribution in [0.3, 0.4) is 0 Å². The molecule has 12 nitrogen and oxygen atoms in total. The quantitative estimate of drug-likeness (QED) is 0.109. The summed E-state index contributed by atoms with van der Waals surface area (Å²) in [5, 5.41) is 19.6. The molecular formula is C35H35N5O7S. The Morgan fingerprint density at radius 3 is 2.27 bits per heavy atom. The summed E-state index contributed by atoms with van der Waals surface area (Å²) in [6.07, 6.45) is 3.10.